The van der Waals surface area contributed by atoms with E-state index in [2.05, 4.69) is 26.8 Å². The van der Waals surface area contributed by atoms with Crippen molar-refractivity contribution in [3.05, 3.63) is 23.7 Å². The average molecular weight is 292 g/mol. The quantitative estimate of drug-likeness (QED) is 0.840. The minimum Gasteiger partial charge on any atom is -0.464 e. The molecule has 21 heavy (non-hydrogen) atoms. The Hall–Kier alpha value is -1.29. The van der Waals surface area contributed by atoms with Crippen LogP contribution in [-0.2, 0) is 11.3 Å². The molecule has 1 saturated carbocycles. The first-order chi connectivity index (χ1) is 9.92. The summed E-state index contributed by atoms with van der Waals surface area (Å²) in [4.78, 5) is 14.2. The van der Waals surface area contributed by atoms with E-state index in [0.717, 1.165) is 23.9 Å². The molecule has 1 aliphatic rings. The second kappa shape index (κ2) is 6.65. The maximum absolute atomic E-state index is 12.4. The van der Waals surface area contributed by atoms with Crippen LogP contribution in [0, 0.1) is 17.8 Å². The van der Waals surface area contributed by atoms with Gasteiger partial charge in [-0.2, -0.15) is 0 Å². The van der Waals surface area contributed by atoms with Gasteiger partial charge in [-0.25, -0.2) is 0 Å². The van der Waals surface area contributed by atoms with Crippen molar-refractivity contribution >= 4 is 5.91 Å². The van der Waals surface area contributed by atoms with Gasteiger partial charge in [-0.05, 0) is 36.8 Å². The van der Waals surface area contributed by atoms with E-state index in [4.69, 9.17) is 10.2 Å². The number of carbonyl (C=O) groups is 1. The van der Waals surface area contributed by atoms with Gasteiger partial charge in [-0.3, -0.25) is 4.79 Å². The first-order valence-corrected chi connectivity index (χ1v) is 7.96. The third-order valence-electron chi connectivity index (χ3n) is 4.32. The molecule has 0 aliphatic heterocycles. The highest BCUT2D eigenvalue weighted by molar-refractivity contribution is 5.78. The number of nitrogens with two attached hydrogens (primary N) is 1. The SMILES string of the molecule is CC(C)CC(CN)C(=O)N(C)Cc1ccc(C2CC2C)o1. The molecule has 0 aromatic carbocycles. The van der Waals surface area contributed by atoms with Crippen molar-refractivity contribution in [2.75, 3.05) is 13.6 Å². The highest BCUT2D eigenvalue weighted by Gasteiger charge is 2.36. The topological polar surface area (TPSA) is 59.5 Å². The lowest BCUT2D eigenvalue weighted by Crippen LogP contribution is -2.36. The molecule has 0 saturated heterocycles. The van der Waals surface area contributed by atoms with E-state index in [-0.39, 0.29) is 11.8 Å². The van der Waals surface area contributed by atoms with Crippen molar-refractivity contribution in [1.29, 1.82) is 0 Å². The van der Waals surface area contributed by atoms with E-state index in [1.165, 1.54) is 6.42 Å². The molecule has 118 valence electrons. The monoisotopic (exact) mass is 292 g/mol. The maximum atomic E-state index is 12.4. The summed E-state index contributed by atoms with van der Waals surface area (Å²) in [6.45, 7) is 7.40. The highest BCUT2D eigenvalue weighted by atomic mass is 16.3. The van der Waals surface area contributed by atoms with Crippen molar-refractivity contribution in [2.24, 2.45) is 23.5 Å². The minimum atomic E-state index is -0.0899. The highest BCUT2D eigenvalue weighted by Crippen LogP contribution is 2.47. The summed E-state index contributed by atoms with van der Waals surface area (Å²) in [6.07, 6.45) is 2.05. The van der Waals surface area contributed by atoms with Crippen LogP contribution in [0.4, 0.5) is 0 Å². The Balaban J connectivity index is 1.91. The molecule has 1 amide bonds. The Bertz CT molecular complexity index is 481. The van der Waals surface area contributed by atoms with Gasteiger partial charge in [0, 0.05) is 19.5 Å². The summed E-state index contributed by atoms with van der Waals surface area (Å²) in [5, 5.41) is 0. The van der Waals surface area contributed by atoms with Crippen LogP contribution in [0.15, 0.2) is 16.5 Å². The Kier molecular flexibility index (Phi) is 5.09. The van der Waals surface area contributed by atoms with Crippen LogP contribution < -0.4 is 5.73 Å². The van der Waals surface area contributed by atoms with Gasteiger partial charge in [0.05, 0.1) is 12.5 Å². The lowest BCUT2D eigenvalue weighted by molar-refractivity contribution is -0.135. The van der Waals surface area contributed by atoms with Crippen LogP contribution in [0.1, 0.15) is 51.1 Å². The van der Waals surface area contributed by atoms with Crippen LogP contribution in [-0.4, -0.2) is 24.4 Å². The van der Waals surface area contributed by atoms with Crippen LogP contribution >= 0.6 is 0 Å². The fourth-order valence-electron chi connectivity index (χ4n) is 2.89. The second-order valence-corrected chi connectivity index (χ2v) is 6.88. The molecule has 0 bridgehead atoms. The molecule has 3 atom stereocenters. The maximum Gasteiger partial charge on any atom is 0.227 e. The molecule has 1 heterocycles. The lowest BCUT2D eigenvalue weighted by Gasteiger charge is -2.23. The normalized spacial score (nSPS) is 22.4. The van der Waals surface area contributed by atoms with Gasteiger partial charge in [-0.15, -0.1) is 0 Å². The summed E-state index contributed by atoms with van der Waals surface area (Å²) < 4.78 is 5.87. The summed E-state index contributed by atoms with van der Waals surface area (Å²) >= 11 is 0. The Morgan fingerprint density at radius 1 is 1.48 bits per heavy atom. The van der Waals surface area contributed by atoms with Crippen molar-refractivity contribution < 1.29 is 9.21 Å². The van der Waals surface area contributed by atoms with E-state index in [0.29, 0.717) is 24.9 Å². The molecule has 4 nitrogen and oxygen atoms in total. The van der Waals surface area contributed by atoms with E-state index in [1.54, 1.807) is 4.90 Å². The minimum absolute atomic E-state index is 0.0899. The predicted molar refractivity (Wildman–Crippen MR) is 83.7 cm³/mol. The number of amides is 1. The molecule has 4 heteroatoms. The molecule has 3 unspecified atom stereocenters. The second-order valence-electron chi connectivity index (χ2n) is 6.88. The lowest BCUT2D eigenvalue weighted by atomic mass is 9.96. The fourth-order valence-corrected chi connectivity index (χ4v) is 2.89. The van der Waals surface area contributed by atoms with Gasteiger partial charge >= 0.3 is 0 Å². The number of hydrogen-bond acceptors (Lipinski definition) is 3. The smallest absolute Gasteiger partial charge is 0.227 e. The van der Waals surface area contributed by atoms with Crippen LogP contribution in [0.3, 0.4) is 0 Å². The van der Waals surface area contributed by atoms with Crippen LogP contribution in [0.25, 0.3) is 0 Å². The van der Waals surface area contributed by atoms with E-state index in [9.17, 15) is 4.79 Å². The van der Waals surface area contributed by atoms with Gasteiger partial charge in [0.2, 0.25) is 5.91 Å². The summed E-state index contributed by atoms with van der Waals surface area (Å²) in [5.74, 6) is 3.74. The summed E-state index contributed by atoms with van der Waals surface area (Å²) in [6, 6.07) is 4.04. The third-order valence-corrected chi connectivity index (χ3v) is 4.32. The summed E-state index contributed by atoms with van der Waals surface area (Å²) in [5.41, 5.74) is 5.75. The molecule has 0 spiro atoms. The molecule has 1 aromatic rings. The number of furan rings is 1. The number of hydrogen-bond donors (Lipinski definition) is 1. The van der Waals surface area contributed by atoms with Crippen molar-refractivity contribution in [3.8, 4) is 0 Å². The van der Waals surface area contributed by atoms with Crippen LogP contribution in [0.5, 0.6) is 0 Å². The molecule has 2 rings (SSSR count). The van der Waals surface area contributed by atoms with Gasteiger partial charge in [0.15, 0.2) is 0 Å². The predicted octanol–water partition coefficient (Wildman–Crippen LogP) is 2.98. The van der Waals surface area contributed by atoms with Gasteiger partial charge in [0.1, 0.15) is 11.5 Å². The Morgan fingerprint density at radius 3 is 2.67 bits per heavy atom. The molecule has 1 aliphatic carbocycles. The van der Waals surface area contributed by atoms with Gasteiger partial charge < -0.3 is 15.1 Å². The number of rotatable bonds is 7. The molecule has 1 aromatic heterocycles. The summed E-state index contributed by atoms with van der Waals surface area (Å²) in [7, 11) is 1.83. The molecular weight excluding hydrogens is 264 g/mol. The van der Waals surface area contributed by atoms with E-state index >= 15 is 0 Å². The standard InChI is InChI=1S/C17H28N2O2/c1-11(2)7-13(9-18)17(20)19(4)10-14-5-6-16(21-14)15-8-12(15)3/h5-6,11-13,15H,7-10,18H2,1-4H3. The van der Waals surface area contributed by atoms with Gasteiger partial charge in [0.25, 0.3) is 0 Å². The van der Waals surface area contributed by atoms with Crippen molar-refractivity contribution in [3.63, 3.8) is 0 Å². The first-order valence-electron chi connectivity index (χ1n) is 7.96. The van der Waals surface area contributed by atoms with Crippen molar-refractivity contribution in [1.82, 2.24) is 4.90 Å². The first kappa shape index (κ1) is 16.1. The van der Waals surface area contributed by atoms with E-state index < -0.39 is 0 Å². The molecular formula is C17H28N2O2. The largest absolute Gasteiger partial charge is 0.464 e. The van der Waals surface area contributed by atoms with Crippen LogP contribution in [0.2, 0.25) is 0 Å². The van der Waals surface area contributed by atoms with Crippen molar-refractivity contribution in [2.45, 2.75) is 46.1 Å². The van der Waals surface area contributed by atoms with Gasteiger partial charge in [-0.1, -0.05) is 20.8 Å². The molecule has 1 fully saturated rings. The Labute approximate surface area is 127 Å². The average Bonchev–Trinajstić information content (AvgIpc) is 2.98. The third kappa shape index (κ3) is 4.10. The zero-order valence-electron chi connectivity index (χ0n) is 13.6. The zero-order valence-corrected chi connectivity index (χ0v) is 13.6. The van der Waals surface area contributed by atoms with E-state index in [1.807, 2.05) is 13.1 Å². The number of carbonyl (C=O) groups excluding carboxylic acids is 1. The fraction of sp³-hybridized carbons (Fsp3) is 0.706. The number of nitrogens with zero attached hydrogens (tertiary/aromatic N) is 1. The Morgan fingerprint density at radius 2 is 2.14 bits per heavy atom. The molecule has 0 radical (unpaired) electrons. The molecule has 2 N–H and O–H groups in total. The zero-order chi connectivity index (χ0) is 15.6.